The van der Waals surface area contributed by atoms with Crippen molar-refractivity contribution in [1.29, 1.82) is 0 Å². The van der Waals surface area contributed by atoms with Crippen molar-refractivity contribution >= 4 is 77.0 Å². The Kier molecular flexibility index (Phi) is 6.50. The first-order valence-electron chi connectivity index (χ1n) is 11.5. The fourth-order valence-electron chi connectivity index (χ4n) is 4.68. The molecular weight excluding hydrogens is 544 g/mol. The summed E-state index contributed by atoms with van der Waals surface area (Å²) in [6.45, 7) is 0.432. The monoisotopic (exact) mass is 568 g/mol. The van der Waals surface area contributed by atoms with Crippen LogP contribution in [0.5, 0.6) is 0 Å². The molecule has 8 nitrogen and oxygen atoms in total. The molecule has 0 aliphatic carbocycles. The van der Waals surface area contributed by atoms with Crippen molar-refractivity contribution in [3.8, 4) is 11.1 Å². The van der Waals surface area contributed by atoms with Gasteiger partial charge >= 0.3 is 5.97 Å². The van der Waals surface area contributed by atoms with Crippen molar-refractivity contribution in [1.82, 2.24) is 4.57 Å². The first-order chi connectivity index (χ1) is 17.9. The molecule has 0 saturated carbocycles. The van der Waals surface area contributed by atoms with Gasteiger partial charge in [-0.25, -0.2) is 8.42 Å². The molecule has 0 bridgehead atoms. The van der Waals surface area contributed by atoms with Crippen molar-refractivity contribution in [2.24, 2.45) is 0 Å². The Hall–Kier alpha value is -3.73. The second-order valence-electron chi connectivity index (χ2n) is 9.27. The summed E-state index contributed by atoms with van der Waals surface area (Å²) >= 11 is 7.85. The van der Waals surface area contributed by atoms with Crippen molar-refractivity contribution in [2.45, 2.75) is 13.0 Å². The van der Waals surface area contributed by atoms with Gasteiger partial charge in [0.1, 0.15) is 0 Å². The lowest BCUT2D eigenvalue weighted by molar-refractivity contribution is -0.136. The molecule has 0 aliphatic rings. The molecule has 0 radical (unpaired) electrons. The summed E-state index contributed by atoms with van der Waals surface area (Å²) in [7, 11) is -1.98. The van der Waals surface area contributed by atoms with Crippen LogP contribution in [0.15, 0.2) is 60.1 Å². The molecule has 3 aromatic carbocycles. The van der Waals surface area contributed by atoms with Crippen molar-refractivity contribution < 1.29 is 18.3 Å². The van der Waals surface area contributed by atoms with Crippen LogP contribution >= 0.6 is 22.9 Å². The van der Waals surface area contributed by atoms with E-state index in [1.54, 1.807) is 12.1 Å². The SMILES string of the molecule is CN(c1cc(Cl)cc2c(Cn3cc(CC(=O)O)c4ccc(-c5cc(N)cc(N)c5)cc43)csc12)S(C)(=O)=O. The highest BCUT2D eigenvalue weighted by atomic mass is 35.5. The largest absolute Gasteiger partial charge is 0.481 e. The maximum atomic E-state index is 12.2. The summed E-state index contributed by atoms with van der Waals surface area (Å²) in [4.78, 5) is 11.6. The lowest BCUT2D eigenvalue weighted by Gasteiger charge is -2.18. The number of carbonyl (C=O) groups is 1. The number of sulfonamides is 1. The van der Waals surface area contributed by atoms with E-state index in [9.17, 15) is 18.3 Å². The van der Waals surface area contributed by atoms with Gasteiger partial charge in [0.2, 0.25) is 10.0 Å². The normalized spacial score (nSPS) is 11.9. The summed E-state index contributed by atoms with van der Waals surface area (Å²) in [6, 6.07) is 14.7. The van der Waals surface area contributed by atoms with Gasteiger partial charge in [-0.15, -0.1) is 11.3 Å². The first kappa shape index (κ1) is 25.9. The van der Waals surface area contributed by atoms with Crippen LogP contribution in [-0.2, 0) is 27.8 Å². The summed E-state index contributed by atoms with van der Waals surface area (Å²) in [5.74, 6) is -0.919. The Morgan fingerprint density at radius 1 is 1.03 bits per heavy atom. The van der Waals surface area contributed by atoms with Crippen LogP contribution in [0.3, 0.4) is 0 Å². The number of nitrogen functional groups attached to an aromatic ring is 2. The predicted molar refractivity (Wildman–Crippen MR) is 157 cm³/mol. The number of nitrogens with two attached hydrogens (primary N) is 2. The maximum absolute atomic E-state index is 12.2. The number of carboxylic acids is 1. The molecule has 2 aromatic heterocycles. The highest BCUT2D eigenvalue weighted by Crippen LogP contribution is 2.39. The summed E-state index contributed by atoms with van der Waals surface area (Å²) in [5.41, 5.74) is 17.9. The maximum Gasteiger partial charge on any atom is 0.307 e. The van der Waals surface area contributed by atoms with Crippen LogP contribution in [0.2, 0.25) is 5.02 Å². The number of halogens is 1. The molecule has 0 fully saturated rings. The second-order valence-corrected chi connectivity index (χ2v) is 12.6. The molecule has 0 spiro atoms. The van der Waals surface area contributed by atoms with E-state index in [2.05, 4.69) is 0 Å². The molecule has 0 atom stereocenters. The predicted octanol–water partition coefficient (Wildman–Crippen LogP) is 5.41. The van der Waals surface area contributed by atoms with Gasteiger partial charge in [0, 0.05) is 52.5 Å². The fraction of sp³-hybridized carbons (Fsp3) is 0.148. The average molecular weight is 569 g/mol. The molecule has 2 heterocycles. The van der Waals surface area contributed by atoms with Gasteiger partial charge in [-0.1, -0.05) is 23.7 Å². The minimum absolute atomic E-state index is 0.117. The quantitative estimate of drug-likeness (QED) is 0.225. The summed E-state index contributed by atoms with van der Waals surface area (Å²) in [6.07, 6.45) is 2.89. The molecular formula is C27H25ClN4O4S2. The molecule has 196 valence electrons. The number of hydrogen-bond donors (Lipinski definition) is 3. The van der Waals surface area contributed by atoms with Gasteiger partial charge in [-0.05, 0) is 64.0 Å². The number of benzene rings is 3. The number of rotatable bonds is 7. The highest BCUT2D eigenvalue weighted by Gasteiger charge is 2.20. The third-order valence-corrected chi connectivity index (χ3v) is 8.97. The number of nitrogens with zero attached hydrogens (tertiary/aromatic N) is 2. The average Bonchev–Trinajstić information content (AvgIpc) is 3.37. The van der Waals surface area contributed by atoms with Crippen molar-refractivity contribution in [3.05, 3.63) is 76.3 Å². The van der Waals surface area contributed by atoms with E-state index in [1.807, 2.05) is 52.5 Å². The number of carboxylic acid groups (broad SMARTS) is 1. The number of thiophene rings is 1. The van der Waals surface area contributed by atoms with E-state index in [4.69, 9.17) is 23.1 Å². The van der Waals surface area contributed by atoms with Gasteiger partial charge in [0.15, 0.2) is 0 Å². The second kappa shape index (κ2) is 9.54. The van der Waals surface area contributed by atoms with Crippen LogP contribution in [0.4, 0.5) is 17.1 Å². The molecule has 38 heavy (non-hydrogen) atoms. The lowest BCUT2D eigenvalue weighted by atomic mass is 10.0. The topological polar surface area (TPSA) is 132 Å². The van der Waals surface area contributed by atoms with E-state index in [0.717, 1.165) is 43.9 Å². The van der Waals surface area contributed by atoms with Gasteiger partial charge in [-0.2, -0.15) is 0 Å². The van der Waals surface area contributed by atoms with Crippen LogP contribution < -0.4 is 15.8 Å². The van der Waals surface area contributed by atoms with Crippen LogP contribution in [0.1, 0.15) is 11.1 Å². The number of aliphatic carboxylic acids is 1. The van der Waals surface area contributed by atoms with E-state index in [-0.39, 0.29) is 6.42 Å². The van der Waals surface area contributed by atoms with Crippen molar-refractivity contribution in [3.63, 3.8) is 0 Å². The number of hydrogen-bond acceptors (Lipinski definition) is 6. The Morgan fingerprint density at radius 3 is 2.39 bits per heavy atom. The van der Waals surface area contributed by atoms with Crippen molar-refractivity contribution in [2.75, 3.05) is 29.1 Å². The van der Waals surface area contributed by atoms with Gasteiger partial charge < -0.3 is 21.1 Å². The van der Waals surface area contributed by atoms with Gasteiger partial charge in [0.25, 0.3) is 0 Å². The molecule has 5 N–H and O–H groups in total. The van der Waals surface area contributed by atoms with Crippen LogP contribution in [0.25, 0.3) is 32.1 Å². The zero-order valence-corrected chi connectivity index (χ0v) is 23.0. The molecule has 11 heteroatoms. The zero-order valence-electron chi connectivity index (χ0n) is 20.6. The molecule has 0 amide bonds. The third kappa shape index (κ3) is 4.90. The van der Waals surface area contributed by atoms with E-state index in [0.29, 0.717) is 34.2 Å². The molecule has 5 rings (SSSR count). The van der Waals surface area contributed by atoms with Crippen LogP contribution in [0, 0.1) is 0 Å². The standard InChI is InChI=1S/C27H25ClN4O4S2/c1-31(38(2,35)36)25-10-19(28)9-23-18(14-37-27(23)25)13-32-12-17(8-26(33)34)22-4-3-15(7-24(22)32)16-5-20(29)11-21(30)6-16/h3-7,9-12,14H,8,13,29-30H2,1-2H3,(H,33,34). The lowest BCUT2D eigenvalue weighted by Crippen LogP contribution is -2.24. The molecule has 0 unspecified atom stereocenters. The minimum atomic E-state index is -3.49. The smallest absolute Gasteiger partial charge is 0.307 e. The number of fused-ring (bicyclic) bond motifs is 2. The Balaban J connectivity index is 1.65. The Morgan fingerprint density at radius 2 is 1.74 bits per heavy atom. The first-order valence-corrected chi connectivity index (χ1v) is 14.6. The van der Waals surface area contributed by atoms with E-state index in [1.165, 1.54) is 22.7 Å². The Bertz CT molecular complexity index is 1820. The minimum Gasteiger partial charge on any atom is -0.481 e. The molecule has 0 aliphatic heterocycles. The molecule has 0 saturated heterocycles. The van der Waals surface area contributed by atoms with Crippen LogP contribution in [-0.4, -0.2) is 37.4 Å². The highest BCUT2D eigenvalue weighted by molar-refractivity contribution is 7.92. The zero-order chi connectivity index (χ0) is 27.4. The summed E-state index contributed by atoms with van der Waals surface area (Å²) < 4.78 is 28.5. The molecule has 5 aromatic rings. The number of anilines is 3. The third-order valence-electron chi connectivity index (χ3n) is 6.49. The Labute approximate surface area is 228 Å². The van der Waals surface area contributed by atoms with E-state index < -0.39 is 16.0 Å². The van der Waals surface area contributed by atoms with Gasteiger partial charge in [-0.3, -0.25) is 9.10 Å². The van der Waals surface area contributed by atoms with E-state index >= 15 is 0 Å². The van der Waals surface area contributed by atoms with Gasteiger partial charge in [0.05, 0.1) is 23.1 Å². The fourth-order valence-corrected chi connectivity index (χ4v) is 6.55. The number of aromatic nitrogens is 1. The summed E-state index contributed by atoms with van der Waals surface area (Å²) in [5, 5.41) is 13.6.